The zero-order valence-electron chi connectivity index (χ0n) is 11.8. The number of anilines is 1. The molecule has 2 atom stereocenters. The summed E-state index contributed by atoms with van der Waals surface area (Å²) in [5, 5.41) is 12.4. The molecule has 2 aliphatic rings. The second-order valence-corrected chi connectivity index (χ2v) is 5.32. The smallest absolute Gasteiger partial charge is 0.338 e. The summed E-state index contributed by atoms with van der Waals surface area (Å²) in [6, 6.07) is 4.82. The van der Waals surface area contributed by atoms with E-state index in [0.717, 1.165) is 12.0 Å². The van der Waals surface area contributed by atoms with Crippen LogP contribution in [-0.2, 0) is 4.74 Å². The average molecular weight is 290 g/mol. The first-order valence-electron chi connectivity index (χ1n) is 7.15. The number of amides is 2. The predicted octanol–water partition coefficient (Wildman–Crippen LogP) is 1.76. The number of nitrogens with one attached hydrogen (secondary N) is 1. The summed E-state index contributed by atoms with van der Waals surface area (Å²) in [6.07, 6.45) is 0.762. The van der Waals surface area contributed by atoms with Crippen LogP contribution in [0.15, 0.2) is 18.2 Å². The molecule has 0 saturated carbocycles. The Morgan fingerprint density at radius 3 is 3.05 bits per heavy atom. The number of aliphatic hydroxyl groups excluding tert-OH is 1. The van der Waals surface area contributed by atoms with Gasteiger partial charge in [0.25, 0.3) is 0 Å². The summed E-state index contributed by atoms with van der Waals surface area (Å²) in [5.74, 6) is -0.366. The molecular formula is C15H18N2O4. The molecule has 2 amide bonds. The Hall–Kier alpha value is -2.08. The Morgan fingerprint density at radius 2 is 2.33 bits per heavy atom. The number of ether oxygens (including phenoxy) is 1. The highest BCUT2D eigenvalue weighted by molar-refractivity contribution is 5.96. The summed E-state index contributed by atoms with van der Waals surface area (Å²) in [6.45, 7) is 2.72. The minimum Gasteiger partial charge on any atom is -0.462 e. The third-order valence-electron chi connectivity index (χ3n) is 4.14. The normalized spacial score (nSPS) is 23.3. The van der Waals surface area contributed by atoms with Crippen molar-refractivity contribution in [1.82, 2.24) is 4.90 Å². The first kappa shape index (κ1) is 13.9. The van der Waals surface area contributed by atoms with E-state index in [1.165, 1.54) is 0 Å². The number of fused-ring (bicyclic) bond motifs is 3. The van der Waals surface area contributed by atoms with E-state index in [1.54, 1.807) is 30.0 Å². The molecule has 0 bridgehead atoms. The van der Waals surface area contributed by atoms with Crippen molar-refractivity contribution in [2.45, 2.75) is 19.4 Å². The summed E-state index contributed by atoms with van der Waals surface area (Å²) in [4.78, 5) is 25.6. The summed E-state index contributed by atoms with van der Waals surface area (Å²) >= 11 is 0. The molecule has 2 heterocycles. The molecule has 0 spiro atoms. The molecule has 1 fully saturated rings. The summed E-state index contributed by atoms with van der Waals surface area (Å²) in [5.41, 5.74) is 2.04. The minimum absolute atomic E-state index is 0.00671. The van der Waals surface area contributed by atoms with Gasteiger partial charge in [0, 0.05) is 24.8 Å². The number of hydrogen-bond donors (Lipinski definition) is 2. The predicted molar refractivity (Wildman–Crippen MR) is 76.1 cm³/mol. The molecule has 0 aliphatic carbocycles. The van der Waals surface area contributed by atoms with Crippen molar-refractivity contribution in [2.75, 3.05) is 25.1 Å². The number of nitrogens with zero attached hydrogens (tertiary/aromatic N) is 1. The van der Waals surface area contributed by atoms with Gasteiger partial charge in [-0.3, -0.25) is 0 Å². The monoisotopic (exact) mass is 290 g/mol. The zero-order chi connectivity index (χ0) is 15.0. The standard InChI is InChI=1S/C15H18N2O4/c1-2-21-14(19)9-3-4-12-11(7-9)13-10(8-18)5-6-17(13)15(20)16-12/h3-4,7,10,13,18H,2,5-6,8H2,1H3,(H,16,20)/t10-,13-/m0/s1. The van der Waals surface area contributed by atoms with Gasteiger partial charge in [-0.15, -0.1) is 0 Å². The van der Waals surface area contributed by atoms with Crippen molar-refractivity contribution in [2.24, 2.45) is 5.92 Å². The van der Waals surface area contributed by atoms with Crippen LogP contribution in [0, 0.1) is 5.92 Å². The molecule has 21 heavy (non-hydrogen) atoms. The molecule has 112 valence electrons. The van der Waals surface area contributed by atoms with Crippen molar-refractivity contribution < 1.29 is 19.4 Å². The maximum atomic E-state index is 12.1. The van der Waals surface area contributed by atoms with Gasteiger partial charge in [-0.1, -0.05) is 0 Å². The van der Waals surface area contributed by atoms with Gasteiger partial charge in [-0.05, 0) is 37.1 Å². The Labute approximate surface area is 122 Å². The fourth-order valence-corrected chi connectivity index (χ4v) is 3.15. The maximum Gasteiger partial charge on any atom is 0.338 e. The Balaban J connectivity index is 2.01. The second-order valence-electron chi connectivity index (χ2n) is 5.32. The Morgan fingerprint density at radius 1 is 1.52 bits per heavy atom. The van der Waals surface area contributed by atoms with Crippen LogP contribution in [0.4, 0.5) is 10.5 Å². The number of hydrogen-bond acceptors (Lipinski definition) is 4. The second kappa shape index (κ2) is 5.37. The summed E-state index contributed by atoms with van der Waals surface area (Å²) in [7, 11) is 0. The van der Waals surface area contributed by atoms with Crippen LogP contribution in [0.1, 0.15) is 35.3 Å². The lowest BCUT2D eigenvalue weighted by atomic mass is 9.91. The highest BCUT2D eigenvalue weighted by Crippen LogP contribution is 2.43. The van der Waals surface area contributed by atoms with Crippen LogP contribution in [0.5, 0.6) is 0 Å². The first-order chi connectivity index (χ1) is 10.2. The number of urea groups is 1. The largest absolute Gasteiger partial charge is 0.462 e. The zero-order valence-corrected chi connectivity index (χ0v) is 11.8. The number of carbonyl (C=O) groups excluding carboxylic acids is 2. The van der Waals surface area contributed by atoms with Crippen LogP contribution in [0.25, 0.3) is 0 Å². The van der Waals surface area contributed by atoms with E-state index in [4.69, 9.17) is 4.74 Å². The first-order valence-corrected chi connectivity index (χ1v) is 7.15. The molecule has 6 heteroatoms. The fraction of sp³-hybridized carbons (Fsp3) is 0.467. The van der Waals surface area contributed by atoms with Crippen molar-refractivity contribution >= 4 is 17.7 Å². The summed E-state index contributed by atoms with van der Waals surface area (Å²) < 4.78 is 5.02. The van der Waals surface area contributed by atoms with E-state index in [9.17, 15) is 14.7 Å². The van der Waals surface area contributed by atoms with Crippen molar-refractivity contribution in [3.8, 4) is 0 Å². The fourth-order valence-electron chi connectivity index (χ4n) is 3.15. The molecule has 0 radical (unpaired) electrons. The molecule has 3 rings (SSSR count). The van der Waals surface area contributed by atoms with E-state index >= 15 is 0 Å². The van der Waals surface area contributed by atoms with Gasteiger partial charge >= 0.3 is 12.0 Å². The van der Waals surface area contributed by atoms with E-state index in [2.05, 4.69) is 5.32 Å². The SMILES string of the molecule is CCOC(=O)c1ccc2c(c1)[C@@H]1[C@H](CO)CCN1C(=O)N2. The van der Waals surface area contributed by atoms with Gasteiger partial charge in [0.15, 0.2) is 0 Å². The lowest BCUT2D eigenvalue weighted by Crippen LogP contribution is -2.40. The minimum atomic E-state index is -0.373. The molecular weight excluding hydrogens is 272 g/mol. The van der Waals surface area contributed by atoms with Gasteiger partial charge in [0.2, 0.25) is 0 Å². The van der Waals surface area contributed by atoms with E-state index in [1.807, 2.05) is 0 Å². The number of esters is 1. The van der Waals surface area contributed by atoms with Crippen LogP contribution in [-0.4, -0.2) is 41.8 Å². The van der Waals surface area contributed by atoms with Crippen molar-refractivity contribution in [3.05, 3.63) is 29.3 Å². The van der Waals surface area contributed by atoms with Crippen LogP contribution < -0.4 is 5.32 Å². The number of rotatable bonds is 3. The molecule has 0 aromatic heterocycles. The topological polar surface area (TPSA) is 78.9 Å². The van der Waals surface area contributed by atoms with Crippen molar-refractivity contribution in [1.29, 1.82) is 0 Å². The quantitative estimate of drug-likeness (QED) is 0.831. The number of carbonyl (C=O) groups is 2. The lowest BCUT2D eigenvalue weighted by molar-refractivity contribution is 0.0526. The number of benzene rings is 1. The van der Waals surface area contributed by atoms with E-state index < -0.39 is 0 Å². The van der Waals surface area contributed by atoms with E-state index in [0.29, 0.717) is 24.4 Å². The van der Waals surface area contributed by atoms with Gasteiger partial charge < -0.3 is 20.1 Å². The van der Waals surface area contributed by atoms with Gasteiger partial charge in [-0.2, -0.15) is 0 Å². The van der Waals surface area contributed by atoms with Crippen molar-refractivity contribution in [3.63, 3.8) is 0 Å². The van der Waals surface area contributed by atoms with Crippen LogP contribution in [0.2, 0.25) is 0 Å². The third-order valence-corrected chi connectivity index (χ3v) is 4.14. The molecule has 2 aliphatic heterocycles. The molecule has 2 N–H and O–H groups in total. The Bertz CT molecular complexity index is 587. The lowest BCUT2D eigenvalue weighted by Gasteiger charge is -2.34. The van der Waals surface area contributed by atoms with E-state index in [-0.39, 0.29) is 30.6 Å². The van der Waals surface area contributed by atoms with Crippen LogP contribution >= 0.6 is 0 Å². The van der Waals surface area contributed by atoms with Gasteiger partial charge in [0.1, 0.15) is 0 Å². The van der Waals surface area contributed by atoms with Crippen LogP contribution in [0.3, 0.4) is 0 Å². The molecule has 1 aromatic carbocycles. The average Bonchev–Trinajstić information content (AvgIpc) is 2.92. The van der Waals surface area contributed by atoms with Gasteiger partial charge in [0.05, 0.1) is 18.2 Å². The maximum absolute atomic E-state index is 12.1. The number of aliphatic hydroxyl groups is 1. The molecule has 1 aromatic rings. The highest BCUT2D eigenvalue weighted by atomic mass is 16.5. The molecule has 1 saturated heterocycles. The van der Waals surface area contributed by atoms with Gasteiger partial charge in [-0.25, -0.2) is 9.59 Å². The molecule has 0 unspecified atom stereocenters. The Kier molecular flexibility index (Phi) is 3.55. The molecule has 6 nitrogen and oxygen atoms in total. The highest BCUT2D eigenvalue weighted by Gasteiger charge is 2.42. The third kappa shape index (κ3) is 2.25.